The van der Waals surface area contributed by atoms with E-state index in [1.807, 2.05) is 30.3 Å². The molecule has 4 heteroatoms. The van der Waals surface area contributed by atoms with E-state index in [1.54, 1.807) is 7.05 Å². The van der Waals surface area contributed by atoms with Gasteiger partial charge in [-0.05, 0) is 12.6 Å². The number of carbonyl (C=O) groups is 1. The first-order valence-electron chi connectivity index (χ1n) is 3.81. The van der Waals surface area contributed by atoms with Gasteiger partial charge in [0.2, 0.25) is 0 Å². The van der Waals surface area contributed by atoms with Crippen LogP contribution in [0.25, 0.3) is 0 Å². The van der Waals surface area contributed by atoms with Gasteiger partial charge in [0.15, 0.2) is 0 Å². The van der Waals surface area contributed by atoms with Crippen molar-refractivity contribution in [1.29, 1.82) is 0 Å². The van der Waals surface area contributed by atoms with E-state index in [1.165, 1.54) is 0 Å². The summed E-state index contributed by atoms with van der Waals surface area (Å²) in [5.41, 5.74) is 3.26. The van der Waals surface area contributed by atoms with Gasteiger partial charge in [-0.1, -0.05) is 30.3 Å². The average Bonchev–Trinajstić information content (AvgIpc) is 2.18. The molecule has 3 N–H and O–H groups in total. The molecule has 0 fully saturated rings. The lowest BCUT2D eigenvalue weighted by molar-refractivity contribution is -0.129. The van der Waals surface area contributed by atoms with Gasteiger partial charge in [-0.25, -0.2) is 0 Å². The van der Waals surface area contributed by atoms with Crippen molar-refractivity contribution in [2.45, 2.75) is 6.61 Å². The molecule has 0 heterocycles. The first-order valence-corrected chi connectivity index (χ1v) is 3.81. The van der Waals surface area contributed by atoms with E-state index < -0.39 is 0 Å². The summed E-state index contributed by atoms with van der Waals surface area (Å²) in [5, 5.41) is 0. The number of benzene rings is 1. The predicted octanol–water partition coefficient (Wildman–Crippen LogP) is 0.439. The van der Waals surface area contributed by atoms with E-state index in [4.69, 9.17) is 0 Å². The number of nitrogens with one attached hydrogen (secondary N) is 1. The Morgan fingerprint density at radius 2 is 2.00 bits per heavy atom. The maximum atomic E-state index is 9.76. The van der Waals surface area contributed by atoms with E-state index in [-0.39, 0.29) is 0 Å². The number of ether oxygens (including phenoxy) is 1. The lowest BCUT2D eigenvalue weighted by atomic mass is 10.2. The standard InChI is InChI=1S/C8H8O2.CH6N2/c9-7-10-6-8-4-2-1-3-5-8;1-3-2/h1-5,7H,6H2;3H,2H2,1H3. The molecule has 0 bridgehead atoms. The molecular formula is C9H14N2O2. The molecule has 0 amide bonds. The quantitative estimate of drug-likeness (QED) is 0.404. The van der Waals surface area contributed by atoms with Crippen LogP contribution in [0.15, 0.2) is 30.3 Å². The third-order valence-electron chi connectivity index (χ3n) is 1.16. The highest BCUT2D eigenvalue weighted by Gasteiger charge is 1.87. The maximum Gasteiger partial charge on any atom is 0.293 e. The van der Waals surface area contributed by atoms with Crippen LogP contribution in [-0.4, -0.2) is 13.5 Å². The van der Waals surface area contributed by atoms with Gasteiger partial charge in [0.1, 0.15) is 6.61 Å². The van der Waals surface area contributed by atoms with Crippen LogP contribution in [0.4, 0.5) is 0 Å². The summed E-state index contributed by atoms with van der Waals surface area (Å²) < 4.78 is 4.54. The topological polar surface area (TPSA) is 64.3 Å². The first-order chi connectivity index (χ1) is 6.35. The van der Waals surface area contributed by atoms with Crippen molar-refractivity contribution in [1.82, 2.24) is 5.43 Å². The molecule has 0 aliphatic carbocycles. The number of rotatable bonds is 3. The van der Waals surface area contributed by atoms with Gasteiger partial charge >= 0.3 is 0 Å². The number of carbonyl (C=O) groups excluding carboxylic acids is 1. The third-order valence-corrected chi connectivity index (χ3v) is 1.16. The smallest absolute Gasteiger partial charge is 0.293 e. The molecule has 0 aromatic heterocycles. The minimum atomic E-state index is 0.365. The van der Waals surface area contributed by atoms with E-state index in [2.05, 4.69) is 16.0 Å². The molecule has 0 saturated heterocycles. The van der Waals surface area contributed by atoms with E-state index in [0.29, 0.717) is 13.1 Å². The van der Waals surface area contributed by atoms with Crippen molar-refractivity contribution >= 4 is 6.47 Å². The molecule has 0 atom stereocenters. The van der Waals surface area contributed by atoms with E-state index in [0.717, 1.165) is 5.56 Å². The highest BCUT2D eigenvalue weighted by atomic mass is 16.5. The molecule has 0 aliphatic rings. The average molecular weight is 182 g/mol. The minimum absolute atomic E-state index is 0.365. The second kappa shape index (κ2) is 8.70. The second-order valence-corrected chi connectivity index (χ2v) is 2.18. The van der Waals surface area contributed by atoms with Gasteiger partial charge in [0.05, 0.1) is 0 Å². The lowest BCUT2D eigenvalue weighted by Gasteiger charge is -1.95. The normalized spacial score (nSPS) is 8.15. The molecule has 0 saturated carbocycles. The highest BCUT2D eigenvalue weighted by Crippen LogP contribution is 1.98. The van der Waals surface area contributed by atoms with Gasteiger partial charge in [0, 0.05) is 0 Å². The van der Waals surface area contributed by atoms with Crippen molar-refractivity contribution < 1.29 is 9.53 Å². The van der Waals surface area contributed by atoms with Crippen LogP contribution in [-0.2, 0) is 16.1 Å². The minimum Gasteiger partial charge on any atom is -0.463 e. The molecule has 0 spiro atoms. The first kappa shape index (κ1) is 11.6. The zero-order valence-electron chi connectivity index (χ0n) is 7.57. The molecule has 0 radical (unpaired) electrons. The molecule has 1 aromatic rings. The molecular weight excluding hydrogens is 168 g/mol. The lowest BCUT2D eigenvalue weighted by Crippen LogP contribution is -2.13. The van der Waals surface area contributed by atoms with Crippen molar-refractivity contribution in [2.24, 2.45) is 5.84 Å². The molecule has 1 aromatic carbocycles. The summed E-state index contributed by atoms with van der Waals surface area (Å²) in [4.78, 5) is 9.76. The van der Waals surface area contributed by atoms with Gasteiger partial charge in [-0.3, -0.25) is 16.1 Å². The Morgan fingerprint density at radius 1 is 1.46 bits per heavy atom. The Morgan fingerprint density at radius 3 is 2.46 bits per heavy atom. The zero-order valence-corrected chi connectivity index (χ0v) is 7.57. The Bertz CT molecular complexity index is 214. The van der Waals surface area contributed by atoms with Crippen LogP contribution in [0.1, 0.15) is 5.56 Å². The SMILES string of the molecule is CNN.O=COCc1ccccc1. The summed E-state index contributed by atoms with van der Waals surface area (Å²) in [6.07, 6.45) is 0. The van der Waals surface area contributed by atoms with Crippen molar-refractivity contribution in [3.05, 3.63) is 35.9 Å². The van der Waals surface area contributed by atoms with Crippen LogP contribution < -0.4 is 11.3 Å². The molecule has 72 valence electrons. The summed E-state index contributed by atoms with van der Waals surface area (Å²) in [7, 11) is 1.65. The van der Waals surface area contributed by atoms with Crippen molar-refractivity contribution in [3.8, 4) is 0 Å². The Kier molecular flexibility index (Phi) is 7.77. The monoisotopic (exact) mass is 182 g/mol. The summed E-state index contributed by atoms with van der Waals surface area (Å²) in [6.45, 7) is 0.817. The fourth-order valence-corrected chi connectivity index (χ4v) is 0.704. The summed E-state index contributed by atoms with van der Waals surface area (Å²) in [6, 6.07) is 9.55. The molecule has 1 rings (SSSR count). The van der Waals surface area contributed by atoms with E-state index in [9.17, 15) is 4.79 Å². The maximum absolute atomic E-state index is 9.76. The van der Waals surface area contributed by atoms with Gasteiger partial charge in [-0.15, -0.1) is 0 Å². The predicted molar refractivity (Wildman–Crippen MR) is 50.5 cm³/mol. The molecule has 0 unspecified atom stereocenters. The van der Waals surface area contributed by atoms with E-state index >= 15 is 0 Å². The zero-order chi connectivity index (χ0) is 9.94. The van der Waals surface area contributed by atoms with Gasteiger partial charge in [-0.2, -0.15) is 0 Å². The van der Waals surface area contributed by atoms with Crippen LogP contribution in [0.2, 0.25) is 0 Å². The largest absolute Gasteiger partial charge is 0.463 e. The Balaban J connectivity index is 0.000000424. The summed E-state index contributed by atoms with van der Waals surface area (Å²) >= 11 is 0. The van der Waals surface area contributed by atoms with Crippen LogP contribution >= 0.6 is 0 Å². The Hall–Kier alpha value is -1.39. The van der Waals surface area contributed by atoms with Crippen LogP contribution in [0.3, 0.4) is 0 Å². The summed E-state index contributed by atoms with van der Waals surface area (Å²) in [5.74, 6) is 4.60. The number of nitrogens with two attached hydrogens (primary N) is 1. The molecule has 13 heavy (non-hydrogen) atoms. The van der Waals surface area contributed by atoms with Crippen LogP contribution in [0.5, 0.6) is 0 Å². The fourth-order valence-electron chi connectivity index (χ4n) is 0.704. The highest BCUT2D eigenvalue weighted by molar-refractivity contribution is 5.37. The molecule has 4 nitrogen and oxygen atoms in total. The van der Waals surface area contributed by atoms with Crippen LogP contribution in [0, 0.1) is 0 Å². The van der Waals surface area contributed by atoms with Gasteiger partial charge in [0.25, 0.3) is 6.47 Å². The molecule has 0 aliphatic heterocycles. The van der Waals surface area contributed by atoms with Crippen molar-refractivity contribution in [3.63, 3.8) is 0 Å². The Labute approximate surface area is 77.7 Å². The number of hydrogen-bond acceptors (Lipinski definition) is 4. The third kappa shape index (κ3) is 6.99. The fraction of sp³-hybridized carbons (Fsp3) is 0.222. The number of hydrazine groups is 1. The second-order valence-electron chi connectivity index (χ2n) is 2.18. The van der Waals surface area contributed by atoms with Crippen molar-refractivity contribution in [2.75, 3.05) is 7.05 Å². The number of hydrogen-bond donors (Lipinski definition) is 2. The van der Waals surface area contributed by atoms with Gasteiger partial charge < -0.3 is 4.74 Å².